The number of unbranched alkanes of at least 4 members (excludes halogenated alkanes) is 2. The molecule has 2 aromatic carbocycles. The summed E-state index contributed by atoms with van der Waals surface area (Å²) in [6.07, 6.45) is 2.92. The Balaban J connectivity index is 1.78. The number of nitrogens with one attached hydrogen (secondary N) is 10. The smallest absolute Gasteiger partial charge is 0.243 e. The normalized spacial score (nSPS) is 22.4. The molecular weight excluding hydrogens is 1010 g/mol. The Kier molecular flexibility index (Phi) is 27.4. The van der Waals surface area contributed by atoms with Crippen molar-refractivity contribution in [2.75, 3.05) is 26.2 Å². The quantitative estimate of drug-likeness (QED) is 0.0549. The van der Waals surface area contributed by atoms with Crippen molar-refractivity contribution in [3.05, 3.63) is 71.9 Å². The van der Waals surface area contributed by atoms with Crippen LogP contribution in [0.1, 0.15) is 116 Å². The molecule has 0 bridgehead atoms. The molecule has 1 fully saturated rings. The van der Waals surface area contributed by atoms with Gasteiger partial charge in [-0.15, -0.1) is 0 Å². The third-order valence-corrected chi connectivity index (χ3v) is 13.5. The first-order valence-electron chi connectivity index (χ1n) is 27.8. The lowest BCUT2D eigenvalue weighted by Crippen LogP contribution is -2.61. The molecule has 9 atom stereocenters. The number of hydrogen-bond donors (Lipinski definition) is 14. The molecule has 0 unspecified atom stereocenters. The minimum atomic E-state index is -1.49. The van der Waals surface area contributed by atoms with E-state index in [0.29, 0.717) is 24.0 Å². The number of aliphatic hydroxyl groups is 1. The van der Waals surface area contributed by atoms with Gasteiger partial charge in [0.05, 0.1) is 12.5 Å². The molecule has 1 aliphatic rings. The molecule has 1 saturated heterocycles. The molecule has 2 heterocycles. The third-order valence-electron chi connectivity index (χ3n) is 13.5. The average Bonchev–Trinajstić information content (AvgIpc) is 3.83. The van der Waals surface area contributed by atoms with Crippen LogP contribution in [0.5, 0.6) is 0 Å². The average molecular weight is 1100 g/mol. The number of H-pyrrole nitrogens is 1. The fourth-order valence-corrected chi connectivity index (χ4v) is 9.34. The van der Waals surface area contributed by atoms with Crippen molar-refractivity contribution in [3.8, 4) is 0 Å². The highest BCUT2D eigenvalue weighted by Gasteiger charge is 2.36. The van der Waals surface area contributed by atoms with E-state index in [1.165, 1.54) is 0 Å². The minimum absolute atomic E-state index is 0.0402. The van der Waals surface area contributed by atoms with Crippen LogP contribution < -0.4 is 65.1 Å². The second kappa shape index (κ2) is 33.5. The predicted molar refractivity (Wildman–Crippen MR) is 300 cm³/mol. The summed E-state index contributed by atoms with van der Waals surface area (Å²) in [5.41, 5.74) is 20.0. The minimum Gasteiger partial charge on any atom is -0.393 e. The molecule has 4 rings (SSSR count). The van der Waals surface area contributed by atoms with Gasteiger partial charge in [0.1, 0.15) is 48.3 Å². The van der Waals surface area contributed by atoms with E-state index in [1.807, 2.05) is 58.9 Å². The van der Waals surface area contributed by atoms with E-state index in [0.717, 1.165) is 23.7 Å². The van der Waals surface area contributed by atoms with Crippen LogP contribution in [0.4, 0.5) is 0 Å². The summed E-state index contributed by atoms with van der Waals surface area (Å²) in [5, 5.41) is 36.1. The van der Waals surface area contributed by atoms with Gasteiger partial charge in [-0.25, -0.2) is 0 Å². The Labute approximate surface area is 463 Å². The van der Waals surface area contributed by atoms with E-state index >= 15 is 0 Å². The van der Waals surface area contributed by atoms with E-state index in [1.54, 1.807) is 36.5 Å². The van der Waals surface area contributed by atoms with E-state index in [9.17, 15) is 48.3 Å². The van der Waals surface area contributed by atoms with Crippen LogP contribution in [-0.4, -0.2) is 144 Å². The van der Waals surface area contributed by atoms with Gasteiger partial charge in [-0.2, -0.15) is 0 Å². The molecule has 79 heavy (non-hydrogen) atoms. The van der Waals surface area contributed by atoms with Gasteiger partial charge in [-0.3, -0.25) is 43.2 Å². The Bertz CT molecular complexity index is 2470. The van der Waals surface area contributed by atoms with E-state index in [2.05, 4.69) is 52.8 Å². The number of aromatic nitrogens is 1. The monoisotopic (exact) mass is 1100 g/mol. The number of para-hydroxylation sites is 1. The first kappa shape index (κ1) is 64.6. The van der Waals surface area contributed by atoms with Crippen LogP contribution in [0.3, 0.4) is 0 Å². The summed E-state index contributed by atoms with van der Waals surface area (Å²) in [5.74, 6) is -7.09. The summed E-state index contributed by atoms with van der Waals surface area (Å²) in [4.78, 5) is 131. The van der Waals surface area contributed by atoms with Gasteiger partial charge in [0, 0.05) is 36.5 Å². The fraction of sp³-hybridized carbons (Fsp3) is 0.589. The molecule has 0 radical (unpaired) electrons. The molecule has 436 valence electrons. The Morgan fingerprint density at radius 2 is 1.13 bits per heavy atom. The Morgan fingerprint density at radius 1 is 0.633 bits per heavy atom. The van der Waals surface area contributed by atoms with Crippen LogP contribution in [-0.2, 0) is 56.0 Å². The number of fused-ring (bicyclic) bond motifs is 1. The van der Waals surface area contributed by atoms with E-state index in [-0.39, 0.29) is 95.8 Å². The molecule has 0 saturated carbocycles. The maximum absolute atomic E-state index is 14.7. The van der Waals surface area contributed by atoms with Gasteiger partial charge < -0.3 is 75.1 Å². The molecule has 23 nitrogen and oxygen atoms in total. The van der Waals surface area contributed by atoms with Crippen LogP contribution in [0.2, 0.25) is 0 Å². The molecule has 0 spiro atoms. The van der Waals surface area contributed by atoms with Crippen molar-refractivity contribution in [2.45, 2.75) is 173 Å². The molecule has 1 aliphatic heterocycles. The van der Waals surface area contributed by atoms with Crippen molar-refractivity contribution in [1.29, 1.82) is 0 Å². The third kappa shape index (κ3) is 21.7. The summed E-state index contributed by atoms with van der Waals surface area (Å²) >= 11 is 0. The fourth-order valence-electron chi connectivity index (χ4n) is 9.34. The summed E-state index contributed by atoms with van der Waals surface area (Å²) in [6.45, 7) is 8.86. The van der Waals surface area contributed by atoms with Gasteiger partial charge in [-0.05, 0) is 93.6 Å². The number of carbonyl (C=O) groups is 9. The van der Waals surface area contributed by atoms with E-state index in [4.69, 9.17) is 17.2 Å². The molecule has 0 aliphatic carbocycles. The maximum atomic E-state index is 14.7. The van der Waals surface area contributed by atoms with Gasteiger partial charge in [0.25, 0.3) is 0 Å². The van der Waals surface area contributed by atoms with Crippen LogP contribution >= 0.6 is 0 Å². The first-order valence-corrected chi connectivity index (χ1v) is 27.8. The van der Waals surface area contributed by atoms with Gasteiger partial charge in [0.15, 0.2) is 0 Å². The zero-order valence-corrected chi connectivity index (χ0v) is 46.5. The molecule has 3 aromatic rings. The number of hydrogen-bond acceptors (Lipinski definition) is 13. The molecule has 23 heteroatoms. The Morgan fingerprint density at radius 3 is 1.68 bits per heavy atom. The summed E-state index contributed by atoms with van der Waals surface area (Å²) in [7, 11) is 0. The predicted octanol–water partition coefficient (Wildman–Crippen LogP) is -0.179. The van der Waals surface area contributed by atoms with Crippen molar-refractivity contribution >= 4 is 64.1 Å². The van der Waals surface area contributed by atoms with Crippen molar-refractivity contribution < 1.29 is 48.3 Å². The highest BCUT2D eigenvalue weighted by atomic mass is 16.3. The van der Waals surface area contributed by atoms with E-state index < -0.39 is 108 Å². The number of rotatable bonds is 23. The highest BCUT2D eigenvalue weighted by molar-refractivity contribution is 5.98. The Hall–Kier alpha value is -6.95. The zero-order chi connectivity index (χ0) is 58.0. The summed E-state index contributed by atoms with van der Waals surface area (Å²) in [6, 6.07) is 5.71. The first-order chi connectivity index (χ1) is 37.8. The number of benzene rings is 2. The summed E-state index contributed by atoms with van der Waals surface area (Å²) < 4.78 is 0. The lowest BCUT2D eigenvalue weighted by Gasteiger charge is -2.28. The largest absolute Gasteiger partial charge is 0.393 e. The van der Waals surface area contributed by atoms with Crippen LogP contribution in [0, 0.1) is 11.8 Å². The standard InChI is InChI=1S/C56H87N13O10/c1-6-7-9-16-37(70)31-48(71)62-47(30-36-32-61-39-18-13-12-17-38(36)39)56(79)66-43-22-26-60-49(72)44(27-33(2)3)67-51(74)41(20-24-58)63-50(73)40(19-23-57)65-55(78)46(29-35-14-10-8-11-15-35)69-54(77)45(28-34(4)5)68-52(75)42(21-25-59)64-53(43)76/h8,10-15,17-18,32-34,37,40-47,61,70H,6-7,9,16,19-31,57-59H2,1-5H3,(H,60,72)(H,62,71)(H,63,73)(H,64,76)(H,65,78)(H,66,79)(H,67,74)(H,68,75)(H,69,77)/t37-,40+,41+,42+,43+,44+,45-,46+,47-/m1/s1. The van der Waals surface area contributed by atoms with Crippen LogP contribution in [0.15, 0.2) is 60.8 Å². The number of nitrogens with two attached hydrogens (primary N) is 3. The highest BCUT2D eigenvalue weighted by Crippen LogP contribution is 2.20. The van der Waals surface area contributed by atoms with Gasteiger partial charge in [0.2, 0.25) is 53.2 Å². The molecule has 9 amide bonds. The SMILES string of the molecule is CCCCC[C@@H](O)CC(=O)N[C@H](Cc1c[nH]c2ccccc12)C(=O)N[C@H]1CCNC(=O)[C@H](CC(C)C)NC(=O)[C@H](CCN)NC(=O)[C@H](CCN)NC(=O)[C@H](Cc2ccccc2)NC(=O)[C@@H](CC(C)C)NC(=O)[C@H](CCN)NC1=O. The molecule has 1 aromatic heterocycles. The lowest BCUT2D eigenvalue weighted by molar-refractivity contribution is -0.136. The van der Waals surface area contributed by atoms with Crippen molar-refractivity contribution in [2.24, 2.45) is 29.0 Å². The molecule has 17 N–H and O–H groups in total. The number of amides is 9. The number of aliphatic hydroxyl groups excluding tert-OH is 1. The van der Waals surface area contributed by atoms with Gasteiger partial charge in [-0.1, -0.05) is 102 Å². The number of carbonyl (C=O) groups excluding carboxylic acids is 9. The van der Waals surface area contributed by atoms with Gasteiger partial charge >= 0.3 is 0 Å². The second-order valence-corrected chi connectivity index (χ2v) is 21.2. The zero-order valence-electron chi connectivity index (χ0n) is 46.5. The second-order valence-electron chi connectivity index (χ2n) is 21.2. The van der Waals surface area contributed by atoms with Crippen LogP contribution in [0.25, 0.3) is 10.9 Å². The van der Waals surface area contributed by atoms with Crippen molar-refractivity contribution in [3.63, 3.8) is 0 Å². The lowest BCUT2D eigenvalue weighted by atomic mass is 10.00. The van der Waals surface area contributed by atoms with Crippen molar-refractivity contribution in [1.82, 2.24) is 52.8 Å². The molecular formula is C56H87N13O10. The topological polar surface area (TPSA) is 376 Å². The maximum Gasteiger partial charge on any atom is 0.243 e. The number of aromatic amines is 1.